The van der Waals surface area contributed by atoms with Gasteiger partial charge in [-0.25, -0.2) is 8.42 Å². The van der Waals surface area contributed by atoms with Crippen molar-refractivity contribution in [2.24, 2.45) is 0 Å². The molecular formula is C11H14BrNO5S. The summed E-state index contributed by atoms with van der Waals surface area (Å²) in [6.07, 6.45) is -0.113. The summed E-state index contributed by atoms with van der Waals surface area (Å²) in [7, 11) is -2.08. The maximum Gasteiger partial charge on any atom is 0.303 e. The highest BCUT2D eigenvalue weighted by Gasteiger charge is 2.12. The van der Waals surface area contributed by atoms with E-state index in [9.17, 15) is 13.2 Å². The lowest BCUT2D eigenvalue weighted by molar-refractivity contribution is -0.137. The summed E-state index contributed by atoms with van der Waals surface area (Å²) in [5.74, 6) is -0.745. The van der Waals surface area contributed by atoms with Crippen molar-refractivity contribution in [2.75, 3.05) is 17.6 Å². The molecule has 6 nitrogen and oxygen atoms in total. The van der Waals surface area contributed by atoms with Crippen molar-refractivity contribution in [3.05, 3.63) is 22.7 Å². The van der Waals surface area contributed by atoms with E-state index in [0.29, 0.717) is 15.9 Å². The Morgan fingerprint density at radius 3 is 2.68 bits per heavy atom. The van der Waals surface area contributed by atoms with Crippen LogP contribution in [0.1, 0.15) is 12.8 Å². The highest BCUT2D eigenvalue weighted by molar-refractivity contribution is 9.10. The molecule has 8 heteroatoms. The van der Waals surface area contributed by atoms with E-state index in [2.05, 4.69) is 20.7 Å². The summed E-state index contributed by atoms with van der Waals surface area (Å²) >= 11 is 3.24. The quantitative estimate of drug-likeness (QED) is 0.784. The third-order valence-corrected chi connectivity index (χ3v) is 4.01. The molecule has 1 aromatic carbocycles. The average Bonchev–Trinajstić information content (AvgIpc) is 2.26. The van der Waals surface area contributed by atoms with Gasteiger partial charge in [-0.1, -0.05) is 15.9 Å². The van der Waals surface area contributed by atoms with Gasteiger partial charge in [0.1, 0.15) is 5.75 Å². The predicted octanol–water partition coefficient (Wildman–Crippen LogP) is 2.06. The van der Waals surface area contributed by atoms with E-state index in [4.69, 9.17) is 9.84 Å². The molecule has 0 heterocycles. The van der Waals surface area contributed by atoms with Crippen LogP contribution in [0.15, 0.2) is 22.7 Å². The van der Waals surface area contributed by atoms with E-state index in [1.165, 1.54) is 7.11 Å². The van der Waals surface area contributed by atoms with Crippen molar-refractivity contribution >= 4 is 37.6 Å². The summed E-state index contributed by atoms with van der Waals surface area (Å²) in [6, 6.07) is 4.83. The van der Waals surface area contributed by atoms with Crippen molar-refractivity contribution in [1.82, 2.24) is 0 Å². The van der Waals surface area contributed by atoms with Crippen molar-refractivity contribution in [3.8, 4) is 5.75 Å². The Morgan fingerprint density at radius 2 is 2.11 bits per heavy atom. The number of carboxylic acids is 1. The number of carboxylic acid groups (broad SMARTS) is 1. The lowest BCUT2D eigenvalue weighted by Gasteiger charge is -2.09. The first kappa shape index (κ1) is 15.8. The molecule has 0 fully saturated rings. The summed E-state index contributed by atoms with van der Waals surface area (Å²) < 4.78 is 31.5. The van der Waals surface area contributed by atoms with Gasteiger partial charge in [0.25, 0.3) is 0 Å². The Hall–Kier alpha value is -1.28. The minimum absolute atomic E-state index is 0.0653. The molecule has 0 aliphatic carbocycles. The van der Waals surface area contributed by atoms with Crippen LogP contribution in [-0.4, -0.2) is 32.4 Å². The van der Waals surface area contributed by atoms with Crippen LogP contribution in [-0.2, 0) is 14.8 Å². The van der Waals surface area contributed by atoms with Gasteiger partial charge in [-0.15, -0.1) is 0 Å². The van der Waals surface area contributed by atoms with Crippen LogP contribution in [0, 0.1) is 0 Å². The van der Waals surface area contributed by atoms with E-state index in [-0.39, 0.29) is 18.6 Å². The van der Waals surface area contributed by atoms with Gasteiger partial charge in [-0.2, -0.15) is 0 Å². The molecule has 106 valence electrons. The zero-order valence-corrected chi connectivity index (χ0v) is 12.6. The highest BCUT2D eigenvalue weighted by Crippen LogP contribution is 2.25. The first-order valence-electron chi connectivity index (χ1n) is 5.39. The van der Waals surface area contributed by atoms with Crippen molar-refractivity contribution in [2.45, 2.75) is 12.8 Å². The smallest absolute Gasteiger partial charge is 0.303 e. The van der Waals surface area contributed by atoms with Gasteiger partial charge in [-0.3, -0.25) is 9.52 Å². The topological polar surface area (TPSA) is 92.7 Å². The molecule has 0 saturated carbocycles. The first-order valence-corrected chi connectivity index (χ1v) is 7.84. The van der Waals surface area contributed by atoms with Gasteiger partial charge in [0.2, 0.25) is 10.0 Å². The van der Waals surface area contributed by atoms with Crippen LogP contribution in [0.25, 0.3) is 0 Å². The molecule has 0 spiro atoms. The van der Waals surface area contributed by atoms with E-state index in [1.807, 2.05) is 0 Å². The standard InChI is InChI=1S/C11H14BrNO5S/c1-18-10-6-8(12)5-9(7-10)13-19(16,17)4-2-3-11(14)15/h5-7,13H,2-4H2,1H3,(H,14,15). The number of nitrogens with one attached hydrogen (secondary N) is 1. The zero-order chi connectivity index (χ0) is 14.5. The molecule has 0 bridgehead atoms. The summed E-state index contributed by atoms with van der Waals surface area (Å²) in [4.78, 5) is 10.3. The molecule has 2 N–H and O–H groups in total. The lowest BCUT2D eigenvalue weighted by atomic mass is 10.3. The van der Waals surface area contributed by atoms with Gasteiger partial charge < -0.3 is 9.84 Å². The van der Waals surface area contributed by atoms with Crippen molar-refractivity contribution < 1.29 is 23.1 Å². The second kappa shape index (κ2) is 6.76. The largest absolute Gasteiger partial charge is 0.497 e. The number of halogens is 1. The highest BCUT2D eigenvalue weighted by atomic mass is 79.9. The molecule has 1 aromatic rings. The monoisotopic (exact) mass is 351 g/mol. The molecule has 0 saturated heterocycles. The van der Waals surface area contributed by atoms with E-state index < -0.39 is 16.0 Å². The molecule has 0 aromatic heterocycles. The second-order valence-corrected chi connectivity index (χ2v) is 6.56. The van der Waals surface area contributed by atoms with Crippen LogP contribution < -0.4 is 9.46 Å². The Bertz CT molecular complexity index is 558. The second-order valence-electron chi connectivity index (χ2n) is 3.80. The maximum atomic E-state index is 11.7. The predicted molar refractivity (Wildman–Crippen MR) is 75.0 cm³/mol. The molecule has 0 radical (unpaired) electrons. The Morgan fingerprint density at radius 1 is 1.42 bits per heavy atom. The molecule has 0 atom stereocenters. The number of sulfonamides is 1. The fraction of sp³-hybridized carbons (Fsp3) is 0.364. The SMILES string of the molecule is COc1cc(Br)cc(NS(=O)(=O)CCCC(=O)O)c1. The lowest BCUT2D eigenvalue weighted by Crippen LogP contribution is -2.17. The van der Waals surface area contributed by atoms with Gasteiger partial charge >= 0.3 is 5.97 Å². The minimum atomic E-state index is -3.56. The number of hydrogen-bond acceptors (Lipinski definition) is 4. The van der Waals surface area contributed by atoms with Crippen LogP contribution in [0.3, 0.4) is 0 Å². The molecule has 0 aliphatic heterocycles. The number of anilines is 1. The van der Waals surface area contributed by atoms with Gasteiger partial charge in [-0.05, 0) is 18.6 Å². The number of methoxy groups -OCH3 is 1. The summed E-state index contributed by atoms with van der Waals surface area (Å²) in [5, 5.41) is 8.47. The van der Waals surface area contributed by atoms with Gasteiger partial charge in [0.05, 0.1) is 18.6 Å². The number of benzene rings is 1. The summed E-state index contributed by atoms with van der Waals surface area (Å²) in [6.45, 7) is 0. The zero-order valence-electron chi connectivity index (χ0n) is 10.2. The number of carbonyl (C=O) groups is 1. The van der Waals surface area contributed by atoms with Gasteiger partial charge in [0.15, 0.2) is 0 Å². The molecule has 0 aliphatic rings. The first-order chi connectivity index (χ1) is 8.82. The van der Waals surface area contributed by atoms with E-state index in [0.717, 1.165) is 0 Å². The number of aliphatic carboxylic acids is 1. The third-order valence-electron chi connectivity index (χ3n) is 2.18. The Balaban J connectivity index is 2.72. The molecule has 0 amide bonds. The van der Waals surface area contributed by atoms with Crippen molar-refractivity contribution in [3.63, 3.8) is 0 Å². The van der Waals surface area contributed by atoms with Crippen LogP contribution >= 0.6 is 15.9 Å². The van der Waals surface area contributed by atoms with E-state index >= 15 is 0 Å². The van der Waals surface area contributed by atoms with Gasteiger partial charge in [0, 0.05) is 17.0 Å². The molecular weight excluding hydrogens is 338 g/mol. The van der Waals surface area contributed by atoms with Crippen LogP contribution in [0.4, 0.5) is 5.69 Å². The Labute approximate surface area is 120 Å². The minimum Gasteiger partial charge on any atom is -0.497 e. The van der Waals surface area contributed by atoms with Crippen LogP contribution in [0.5, 0.6) is 5.75 Å². The van der Waals surface area contributed by atoms with Crippen LogP contribution in [0.2, 0.25) is 0 Å². The van der Waals surface area contributed by atoms with E-state index in [1.54, 1.807) is 18.2 Å². The van der Waals surface area contributed by atoms with Crippen molar-refractivity contribution in [1.29, 1.82) is 0 Å². The fourth-order valence-electron chi connectivity index (χ4n) is 1.38. The molecule has 19 heavy (non-hydrogen) atoms. The maximum absolute atomic E-state index is 11.7. The Kier molecular flexibility index (Phi) is 5.61. The normalized spacial score (nSPS) is 11.1. The summed E-state index contributed by atoms with van der Waals surface area (Å²) in [5.41, 5.74) is 0.363. The number of rotatable bonds is 7. The third kappa shape index (κ3) is 5.93. The molecule has 1 rings (SSSR count). The fourth-order valence-corrected chi connectivity index (χ4v) is 2.96. The molecule has 0 unspecified atom stereocenters. The number of hydrogen-bond donors (Lipinski definition) is 2. The average molecular weight is 352 g/mol. The number of ether oxygens (including phenoxy) is 1.